The van der Waals surface area contributed by atoms with Crippen LogP contribution in [-0.2, 0) is 28.7 Å². The van der Waals surface area contributed by atoms with Gasteiger partial charge >= 0.3 is 11.9 Å². The molecule has 0 saturated carbocycles. The van der Waals surface area contributed by atoms with Gasteiger partial charge in [0.15, 0.2) is 6.61 Å². The lowest BCUT2D eigenvalue weighted by molar-refractivity contribution is -0.143. The molecule has 1 saturated heterocycles. The Hall–Kier alpha value is -3.01. The molecule has 10 heteroatoms. The fourth-order valence-corrected chi connectivity index (χ4v) is 3.80. The number of hydrogen-bond acceptors (Lipinski definition) is 8. The second kappa shape index (κ2) is 9.46. The van der Waals surface area contributed by atoms with Crippen LogP contribution in [0.15, 0.2) is 35.4 Å². The van der Waals surface area contributed by atoms with Gasteiger partial charge in [-0.25, -0.2) is 4.79 Å². The van der Waals surface area contributed by atoms with Crippen molar-refractivity contribution in [1.29, 1.82) is 0 Å². The molecule has 2 amide bonds. The van der Waals surface area contributed by atoms with E-state index in [2.05, 4.69) is 4.74 Å². The van der Waals surface area contributed by atoms with E-state index in [9.17, 15) is 19.2 Å². The first-order valence-corrected chi connectivity index (χ1v) is 9.89. The number of anilines is 1. The molecule has 2 heterocycles. The van der Waals surface area contributed by atoms with Crippen LogP contribution in [0.25, 0.3) is 0 Å². The number of ether oxygens (including phenoxy) is 3. The van der Waals surface area contributed by atoms with Crippen LogP contribution < -0.4 is 9.64 Å². The lowest BCUT2D eigenvalue weighted by Gasteiger charge is -2.28. The van der Waals surface area contributed by atoms with Gasteiger partial charge in [0.25, 0.3) is 5.91 Å². The zero-order valence-electron chi connectivity index (χ0n) is 15.8. The van der Waals surface area contributed by atoms with Gasteiger partial charge in [0.05, 0.1) is 36.3 Å². The number of carbonyl (C=O) groups excluding carboxylic acids is 4. The second-order valence-electron chi connectivity index (χ2n) is 6.15. The summed E-state index contributed by atoms with van der Waals surface area (Å²) in [7, 11) is 1.27. The molecule has 0 radical (unpaired) electrons. The fraction of sp³-hybridized carbons (Fsp3) is 0.368. The van der Waals surface area contributed by atoms with E-state index in [0.29, 0.717) is 29.4 Å². The lowest BCUT2D eigenvalue weighted by atomic mass is 10.2. The highest BCUT2D eigenvalue weighted by Gasteiger charge is 2.28. The summed E-state index contributed by atoms with van der Waals surface area (Å²) < 4.78 is 15.1. The summed E-state index contributed by atoms with van der Waals surface area (Å²) >= 11 is 1.26. The van der Waals surface area contributed by atoms with Crippen LogP contribution in [0.5, 0.6) is 5.75 Å². The van der Waals surface area contributed by atoms with Crippen molar-refractivity contribution in [2.45, 2.75) is 6.42 Å². The summed E-state index contributed by atoms with van der Waals surface area (Å²) in [6.07, 6.45) is 1.66. The Morgan fingerprint density at radius 3 is 2.79 bits per heavy atom. The minimum absolute atomic E-state index is 0.0823. The Morgan fingerprint density at radius 1 is 1.21 bits per heavy atom. The van der Waals surface area contributed by atoms with Crippen LogP contribution in [0, 0.1) is 0 Å². The molecule has 1 fully saturated rings. The number of rotatable bonds is 7. The van der Waals surface area contributed by atoms with Crippen LogP contribution >= 0.6 is 11.8 Å². The largest absolute Gasteiger partial charge is 0.482 e. The third-order valence-electron chi connectivity index (χ3n) is 4.24. The average Bonchev–Trinajstić information content (AvgIpc) is 3.06. The number of esters is 2. The van der Waals surface area contributed by atoms with Gasteiger partial charge in [-0.05, 0) is 18.6 Å². The van der Waals surface area contributed by atoms with E-state index in [-0.39, 0.29) is 37.3 Å². The van der Waals surface area contributed by atoms with Gasteiger partial charge in [0, 0.05) is 6.54 Å². The molecular formula is C19H20N2O7S. The highest BCUT2D eigenvalue weighted by Crippen LogP contribution is 2.31. The van der Waals surface area contributed by atoms with Crippen molar-refractivity contribution in [2.75, 3.05) is 44.1 Å². The maximum Gasteiger partial charge on any atom is 0.333 e. The van der Waals surface area contributed by atoms with E-state index in [0.717, 1.165) is 0 Å². The molecule has 1 aromatic rings. The number of amides is 2. The van der Waals surface area contributed by atoms with E-state index >= 15 is 0 Å². The van der Waals surface area contributed by atoms with Crippen molar-refractivity contribution in [3.8, 4) is 5.75 Å². The van der Waals surface area contributed by atoms with Crippen LogP contribution in [-0.4, -0.2) is 67.8 Å². The minimum Gasteiger partial charge on any atom is -0.482 e. The van der Waals surface area contributed by atoms with Gasteiger partial charge in [-0.15, -0.1) is 0 Å². The van der Waals surface area contributed by atoms with Gasteiger partial charge in [-0.1, -0.05) is 23.9 Å². The number of carbonyl (C=O) groups is 4. The molecule has 0 unspecified atom stereocenters. The van der Waals surface area contributed by atoms with E-state index < -0.39 is 11.9 Å². The van der Waals surface area contributed by atoms with Gasteiger partial charge in [-0.2, -0.15) is 0 Å². The molecule has 29 heavy (non-hydrogen) atoms. The summed E-state index contributed by atoms with van der Waals surface area (Å²) in [4.78, 5) is 50.4. The summed E-state index contributed by atoms with van der Waals surface area (Å²) in [5.41, 5.74) is 0.526. The predicted molar refractivity (Wildman–Crippen MR) is 104 cm³/mol. The standard InChI is InChI=1S/C19H20N2O7S/c1-26-18(24)9-17-20(16(23)12-29-17)7-4-8-27-19(25)10-21-13-5-2-3-6-14(13)28-11-15(21)22/h2-3,5-6,9H,4,7-8,10-12H2,1H3/b17-9+. The van der Waals surface area contributed by atoms with Crippen molar-refractivity contribution in [2.24, 2.45) is 0 Å². The molecule has 0 spiro atoms. The summed E-state index contributed by atoms with van der Waals surface area (Å²) in [6.45, 7) is 0.0414. The first kappa shape index (κ1) is 20.7. The Balaban J connectivity index is 1.48. The van der Waals surface area contributed by atoms with Crippen LogP contribution in [0.2, 0.25) is 0 Å². The molecule has 9 nitrogen and oxygen atoms in total. The summed E-state index contributed by atoms with van der Waals surface area (Å²) in [5, 5.41) is 0.517. The molecule has 2 aliphatic heterocycles. The van der Waals surface area contributed by atoms with Gasteiger partial charge in [0.2, 0.25) is 5.91 Å². The molecule has 0 bridgehead atoms. The minimum atomic E-state index is -0.553. The zero-order chi connectivity index (χ0) is 20.8. The fourth-order valence-electron chi connectivity index (χ4n) is 2.84. The second-order valence-corrected chi connectivity index (χ2v) is 7.15. The van der Waals surface area contributed by atoms with E-state index in [1.165, 1.54) is 34.7 Å². The predicted octanol–water partition coefficient (Wildman–Crippen LogP) is 0.935. The first-order chi connectivity index (χ1) is 14.0. The average molecular weight is 420 g/mol. The number of nitrogens with zero attached hydrogens (tertiary/aromatic N) is 2. The highest BCUT2D eigenvalue weighted by atomic mass is 32.2. The van der Waals surface area contributed by atoms with Crippen molar-refractivity contribution >= 4 is 41.2 Å². The van der Waals surface area contributed by atoms with Crippen molar-refractivity contribution in [3.63, 3.8) is 0 Å². The molecule has 1 aromatic carbocycles. The van der Waals surface area contributed by atoms with E-state index in [1.807, 2.05) is 0 Å². The Bertz CT molecular complexity index is 855. The number of benzene rings is 1. The number of para-hydroxylation sites is 2. The van der Waals surface area contributed by atoms with Crippen LogP contribution in [0.3, 0.4) is 0 Å². The molecule has 0 aromatic heterocycles. The molecule has 0 aliphatic carbocycles. The van der Waals surface area contributed by atoms with Gasteiger partial charge in [-0.3, -0.25) is 19.3 Å². The van der Waals surface area contributed by atoms with Crippen LogP contribution in [0.1, 0.15) is 6.42 Å². The Morgan fingerprint density at radius 2 is 2.00 bits per heavy atom. The number of fused-ring (bicyclic) bond motifs is 1. The van der Waals surface area contributed by atoms with E-state index in [4.69, 9.17) is 9.47 Å². The third kappa shape index (κ3) is 5.08. The number of thioether (sulfide) groups is 1. The Labute approximate surface area is 171 Å². The molecule has 0 atom stereocenters. The molecule has 0 N–H and O–H groups in total. The first-order valence-electron chi connectivity index (χ1n) is 8.90. The third-order valence-corrected chi connectivity index (χ3v) is 5.26. The highest BCUT2D eigenvalue weighted by molar-refractivity contribution is 8.04. The topological polar surface area (TPSA) is 102 Å². The van der Waals surface area contributed by atoms with Gasteiger partial charge in [0.1, 0.15) is 12.3 Å². The van der Waals surface area contributed by atoms with Crippen molar-refractivity contribution < 1.29 is 33.4 Å². The zero-order valence-corrected chi connectivity index (χ0v) is 16.6. The summed E-state index contributed by atoms with van der Waals surface area (Å²) in [6, 6.07) is 6.96. The summed E-state index contributed by atoms with van der Waals surface area (Å²) in [5.74, 6) is -0.738. The maximum absolute atomic E-state index is 12.2. The van der Waals surface area contributed by atoms with Crippen molar-refractivity contribution in [1.82, 2.24) is 4.90 Å². The van der Waals surface area contributed by atoms with Gasteiger partial charge < -0.3 is 19.1 Å². The lowest BCUT2D eigenvalue weighted by Crippen LogP contribution is -2.42. The molecular weight excluding hydrogens is 400 g/mol. The molecule has 3 rings (SSSR count). The molecule has 2 aliphatic rings. The monoisotopic (exact) mass is 420 g/mol. The quantitative estimate of drug-likeness (QED) is 0.365. The van der Waals surface area contributed by atoms with Crippen LogP contribution in [0.4, 0.5) is 5.69 Å². The SMILES string of the molecule is COC(=O)/C=C1/SCC(=O)N1CCCOC(=O)CN1C(=O)COc2ccccc21. The molecule has 154 valence electrons. The Kier molecular flexibility index (Phi) is 6.76. The van der Waals surface area contributed by atoms with E-state index in [1.54, 1.807) is 24.3 Å². The van der Waals surface area contributed by atoms with Crippen molar-refractivity contribution in [3.05, 3.63) is 35.4 Å². The normalized spacial score (nSPS) is 17.2. The number of hydrogen-bond donors (Lipinski definition) is 0. The maximum atomic E-state index is 12.2. The number of methoxy groups -OCH3 is 1. The smallest absolute Gasteiger partial charge is 0.333 e.